The Morgan fingerprint density at radius 3 is 2.42 bits per heavy atom. The topological polar surface area (TPSA) is 104 Å². The highest BCUT2D eigenvalue weighted by Crippen LogP contribution is 2.41. The minimum absolute atomic E-state index is 0.347. The highest BCUT2D eigenvalue weighted by Gasteiger charge is 2.23. The van der Waals surface area contributed by atoms with Crippen LogP contribution in [0.25, 0.3) is 11.1 Å². The molecule has 1 aromatic heterocycles. The lowest BCUT2D eigenvalue weighted by molar-refractivity contribution is 0.313. The molecule has 2 aromatic carbocycles. The maximum absolute atomic E-state index is 12.4. The van der Waals surface area contributed by atoms with Crippen molar-refractivity contribution < 1.29 is 8.42 Å². The molecule has 0 atom stereocenters. The molecule has 0 amide bonds. The number of nitrogen functional groups attached to an aromatic ring is 1. The van der Waals surface area contributed by atoms with Crippen LogP contribution in [0.2, 0.25) is 0 Å². The molecule has 0 unspecified atom stereocenters. The number of hydrogen-bond acceptors (Lipinski definition) is 8. The van der Waals surface area contributed by atoms with Crippen molar-refractivity contribution in [3.8, 4) is 11.1 Å². The lowest BCUT2D eigenvalue weighted by atomic mass is 9.97. The fourth-order valence-corrected chi connectivity index (χ4v) is 5.18. The number of nitrogens with two attached hydrogens (primary N) is 1. The fourth-order valence-electron chi connectivity index (χ4n) is 4.19. The predicted molar refractivity (Wildman–Crippen MR) is 134 cm³/mol. The van der Waals surface area contributed by atoms with Crippen LogP contribution in [0.5, 0.6) is 0 Å². The maximum atomic E-state index is 12.4. The van der Waals surface area contributed by atoms with Gasteiger partial charge in [0.25, 0.3) is 0 Å². The number of nitrogens with zero attached hydrogens (tertiary/aromatic N) is 4. The molecule has 4 rings (SSSR count). The standard InChI is InChI=1S/C24H30N6O2S/c1-16-13-19(18-6-5-17(2)21(15-18)33(4,31)32)23(30-11-9-29(3)10-12-30)20(14-16)27-24-26-8-7-22(25)28-24/h5-8,13-15H,9-12H2,1-4H3,(H3,25,26,27,28). The van der Waals surface area contributed by atoms with E-state index < -0.39 is 9.84 Å². The number of nitrogens with one attached hydrogen (secondary N) is 1. The highest BCUT2D eigenvalue weighted by molar-refractivity contribution is 7.90. The summed E-state index contributed by atoms with van der Waals surface area (Å²) in [5, 5.41) is 3.35. The molecule has 0 saturated carbocycles. The minimum atomic E-state index is -3.35. The summed E-state index contributed by atoms with van der Waals surface area (Å²) in [5.74, 6) is 0.806. The third-order valence-electron chi connectivity index (χ3n) is 5.90. The zero-order valence-corrected chi connectivity index (χ0v) is 20.3. The highest BCUT2D eigenvalue weighted by atomic mass is 32.2. The molecule has 1 aliphatic rings. The molecular formula is C24H30N6O2S. The third-order valence-corrected chi connectivity index (χ3v) is 7.13. The van der Waals surface area contributed by atoms with Gasteiger partial charge < -0.3 is 20.9 Å². The fraction of sp³-hybridized carbons (Fsp3) is 0.333. The number of benzene rings is 2. The van der Waals surface area contributed by atoms with Crippen LogP contribution in [-0.2, 0) is 9.84 Å². The Morgan fingerprint density at radius 2 is 1.76 bits per heavy atom. The quantitative estimate of drug-likeness (QED) is 0.591. The van der Waals surface area contributed by atoms with Gasteiger partial charge in [0.2, 0.25) is 5.95 Å². The first kappa shape index (κ1) is 23.0. The molecule has 33 heavy (non-hydrogen) atoms. The molecule has 0 bridgehead atoms. The number of aryl methyl sites for hydroxylation is 2. The molecular weight excluding hydrogens is 436 g/mol. The molecule has 3 aromatic rings. The van der Waals surface area contributed by atoms with Crippen molar-refractivity contribution >= 4 is 33.0 Å². The number of anilines is 4. The second-order valence-electron chi connectivity index (χ2n) is 8.68. The largest absolute Gasteiger partial charge is 0.384 e. The van der Waals surface area contributed by atoms with Gasteiger partial charge in [0.05, 0.1) is 16.3 Å². The van der Waals surface area contributed by atoms with E-state index in [0.717, 1.165) is 59.8 Å². The van der Waals surface area contributed by atoms with E-state index in [1.165, 1.54) is 6.26 Å². The van der Waals surface area contributed by atoms with Gasteiger partial charge in [0.15, 0.2) is 9.84 Å². The molecule has 1 fully saturated rings. The smallest absolute Gasteiger partial charge is 0.229 e. The summed E-state index contributed by atoms with van der Waals surface area (Å²) >= 11 is 0. The minimum Gasteiger partial charge on any atom is -0.384 e. The molecule has 3 N–H and O–H groups in total. The first-order chi connectivity index (χ1) is 15.6. The summed E-state index contributed by atoms with van der Waals surface area (Å²) in [6.07, 6.45) is 2.87. The lowest BCUT2D eigenvalue weighted by Crippen LogP contribution is -2.44. The van der Waals surface area contributed by atoms with E-state index in [4.69, 9.17) is 5.73 Å². The van der Waals surface area contributed by atoms with Crippen molar-refractivity contribution in [1.82, 2.24) is 14.9 Å². The molecule has 174 valence electrons. The van der Waals surface area contributed by atoms with Crippen LogP contribution in [0.3, 0.4) is 0 Å². The Morgan fingerprint density at radius 1 is 1.03 bits per heavy atom. The first-order valence-electron chi connectivity index (χ1n) is 10.9. The zero-order valence-electron chi connectivity index (χ0n) is 19.5. The average molecular weight is 467 g/mol. The Labute approximate surface area is 195 Å². The van der Waals surface area contributed by atoms with E-state index in [2.05, 4.69) is 44.3 Å². The van der Waals surface area contributed by atoms with E-state index in [1.807, 2.05) is 26.0 Å². The number of rotatable bonds is 5. The monoisotopic (exact) mass is 466 g/mol. The zero-order chi connectivity index (χ0) is 23.8. The molecule has 1 aliphatic heterocycles. The second-order valence-corrected chi connectivity index (χ2v) is 10.7. The van der Waals surface area contributed by atoms with Crippen LogP contribution in [0.15, 0.2) is 47.5 Å². The van der Waals surface area contributed by atoms with E-state index in [1.54, 1.807) is 18.3 Å². The molecule has 0 radical (unpaired) electrons. The predicted octanol–water partition coefficient (Wildman–Crippen LogP) is 3.24. The number of hydrogen-bond donors (Lipinski definition) is 2. The van der Waals surface area contributed by atoms with Gasteiger partial charge in [-0.3, -0.25) is 0 Å². The van der Waals surface area contributed by atoms with Gasteiger partial charge in [-0.1, -0.05) is 12.1 Å². The summed E-state index contributed by atoms with van der Waals surface area (Å²) in [4.78, 5) is 13.6. The van der Waals surface area contributed by atoms with E-state index in [0.29, 0.717) is 16.7 Å². The Hall–Kier alpha value is -3.17. The third kappa shape index (κ3) is 5.09. The van der Waals surface area contributed by atoms with Gasteiger partial charge in [-0.15, -0.1) is 0 Å². The van der Waals surface area contributed by atoms with E-state index in [-0.39, 0.29) is 0 Å². The number of likely N-dealkylation sites (N-methyl/N-ethyl adjacent to an activating group) is 1. The van der Waals surface area contributed by atoms with Crippen molar-refractivity contribution in [2.45, 2.75) is 18.7 Å². The maximum Gasteiger partial charge on any atom is 0.229 e. The van der Waals surface area contributed by atoms with E-state index >= 15 is 0 Å². The Balaban J connectivity index is 1.90. The van der Waals surface area contributed by atoms with Gasteiger partial charge in [-0.2, -0.15) is 4.98 Å². The Kier molecular flexibility index (Phi) is 6.27. The van der Waals surface area contributed by atoms with Crippen LogP contribution < -0.4 is 16.0 Å². The first-order valence-corrected chi connectivity index (χ1v) is 12.8. The molecule has 0 aliphatic carbocycles. The number of sulfone groups is 1. The van der Waals surface area contributed by atoms with Crippen LogP contribution in [-0.4, -0.2) is 62.8 Å². The molecule has 1 saturated heterocycles. The van der Waals surface area contributed by atoms with Gasteiger partial charge in [-0.25, -0.2) is 13.4 Å². The molecule has 0 spiro atoms. The van der Waals surface area contributed by atoms with Gasteiger partial charge in [0, 0.05) is 44.2 Å². The van der Waals surface area contributed by atoms with Crippen LogP contribution in [0.4, 0.5) is 23.1 Å². The van der Waals surface area contributed by atoms with E-state index in [9.17, 15) is 8.42 Å². The van der Waals surface area contributed by atoms with Crippen LogP contribution >= 0.6 is 0 Å². The molecule has 8 nitrogen and oxygen atoms in total. The lowest BCUT2D eigenvalue weighted by Gasteiger charge is -2.36. The van der Waals surface area contributed by atoms with Crippen molar-refractivity contribution in [2.24, 2.45) is 0 Å². The number of aromatic nitrogens is 2. The number of piperazine rings is 1. The molecule has 2 heterocycles. The van der Waals surface area contributed by atoms with Gasteiger partial charge in [-0.05, 0) is 61.9 Å². The van der Waals surface area contributed by atoms with Crippen LogP contribution in [0.1, 0.15) is 11.1 Å². The SMILES string of the molecule is Cc1cc(Nc2nccc(N)n2)c(N2CCN(C)CC2)c(-c2ccc(C)c(S(C)(=O)=O)c2)c1. The summed E-state index contributed by atoms with van der Waals surface area (Å²) in [7, 11) is -1.24. The van der Waals surface area contributed by atoms with Crippen molar-refractivity contribution in [1.29, 1.82) is 0 Å². The van der Waals surface area contributed by atoms with Gasteiger partial charge in [0.1, 0.15) is 5.82 Å². The van der Waals surface area contributed by atoms with Crippen molar-refractivity contribution in [2.75, 3.05) is 55.4 Å². The summed E-state index contributed by atoms with van der Waals surface area (Å²) in [6.45, 7) is 7.41. The second kappa shape index (κ2) is 8.99. The van der Waals surface area contributed by atoms with Gasteiger partial charge >= 0.3 is 0 Å². The summed E-state index contributed by atoms with van der Waals surface area (Å²) in [6, 6.07) is 11.5. The normalized spacial score (nSPS) is 15.0. The Bertz CT molecular complexity index is 1280. The van der Waals surface area contributed by atoms with Crippen molar-refractivity contribution in [3.63, 3.8) is 0 Å². The summed E-state index contributed by atoms with van der Waals surface area (Å²) < 4.78 is 24.8. The van der Waals surface area contributed by atoms with Crippen molar-refractivity contribution in [3.05, 3.63) is 53.7 Å². The summed E-state index contributed by atoms with van der Waals surface area (Å²) in [5.41, 5.74) is 11.3. The average Bonchev–Trinajstić information content (AvgIpc) is 2.74. The molecule has 9 heteroatoms. The van der Waals surface area contributed by atoms with Crippen LogP contribution in [0, 0.1) is 13.8 Å².